The zero-order valence-corrected chi connectivity index (χ0v) is 17.6. The van der Waals surface area contributed by atoms with Gasteiger partial charge in [-0.1, -0.05) is 23.9 Å². The molecule has 176 valence electrons. The summed E-state index contributed by atoms with van der Waals surface area (Å²) in [6.07, 6.45) is -8.44. The van der Waals surface area contributed by atoms with Gasteiger partial charge in [0.05, 0.1) is 29.1 Å². The molecule has 0 saturated carbocycles. The van der Waals surface area contributed by atoms with Gasteiger partial charge in [0.2, 0.25) is 11.8 Å². The Morgan fingerprint density at radius 3 is 2.39 bits per heavy atom. The van der Waals surface area contributed by atoms with Crippen molar-refractivity contribution in [1.82, 2.24) is 19.5 Å². The van der Waals surface area contributed by atoms with Crippen molar-refractivity contribution in [3.63, 3.8) is 0 Å². The molecule has 2 amide bonds. The fraction of sp³-hybridized carbons (Fsp3) is 0.263. The van der Waals surface area contributed by atoms with Gasteiger partial charge in [-0.3, -0.25) is 14.0 Å². The lowest BCUT2D eigenvalue weighted by Gasteiger charge is -2.18. The third-order valence-electron chi connectivity index (χ3n) is 4.34. The SMILES string of the molecule is CN(CC(=O)Nc1ccccc1C(F)(F)F)C(=O)CSc1nnc2ccc(C(F)(F)F)cn12. The van der Waals surface area contributed by atoms with Crippen LogP contribution in [0.5, 0.6) is 0 Å². The van der Waals surface area contributed by atoms with Crippen LogP contribution in [0.1, 0.15) is 11.1 Å². The standard InChI is InChI=1S/C19H15F6N5O2S/c1-29(9-15(31)26-13-5-3-2-4-12(13)19(23,24)25)16(32)10-33-17-28-27-14-7-6-11(8-30(14)17)18(20,21)22/h2-8H,9-10H2,1H3,(H,26,31). The largest absolute Gasteiger partial charge is 0.418 e. The van der Waals surface area contributed by atoms with Crippen LogP contribution in [0.15, 0.2) is 47.8 Å². The Bertz CT molecular complexity index is 1180. The number of carbonyl (C=O) groups is 2. The minimum Gasteiger partial charge on any atom is -0.336 e. The summed E-state index contributed by atoms with van der Waals surface area (Å²) in [5.41, 5.74) is -2.25. The van der Waals surface area contributed by atoms with Crippen molar-refractivity contribution in [2.75, 3.05) is 24.7 Å². The second-order valence-corrected chi connectivity index (χ2v) is 7.70. The molecule has 1 N–H and O–H groups in total. The minimum absolute atomic E-state index is 0.0291. The van der Waals surface area contributed by atoms with E-state index in [2.05, 4.69) is 15.5 Å². The summed E-state index contributed by atoms with van der Waals surface area (Å²) >= 11 is 0.800. The number of hydrogen-bond donors (Lipinski definition) is 1. The fourth-order valence-electron chi connectivity index (χ4n) is 2.70. The number of thioether (sulfide) groups is 1. The number of anilines is 1. The molecular weight excluding hydrogens is 476 g/mol. The summed E-state index contributed by atoms with van der Waals surface area (Å²) in [6.45, 7) is -0.537. The van der Waals surface area contributed by atoms with Crippen LogP contribution in [0.25, 0.3) is 5.65 Å². The monoisotopic (exact) mass is 491 g/mol. The number of nitrogens with zero attached hydrogens (tertiary/aromatic N) is 4. The number of hydrogen-bond acceptors (Lipinski definition) is 5. The number of nitrogens with one attached hydrogen (secondary N) is 1. The maximum Gasteiger partial charge on any atom is 0.418 e. The molecule has 14 heteroatoms. The zero-order valence-electron chi connectivity index (χ0n) is 16.7. The van der Waals surface area contributed by atoms with E-state index in [-0.39, 0.29) is 16.6 Å². The maximum atomic E-state index is 13.0. The molecule has 0 radical (unpaired) electrons. The topological polar surface area (TPSA) is 79.6 Å². The number of benzene rings is 1. The smallest absolute Gasteiger partial charge is 0.336 e. The van der Waals surface area contributed by atoms with E-state index in [1.807, 2.05) is 0 Å². The van der Waals surface area contributed by atoms with E-state index in [0.29, 0.717) is 0 Å². The zero-order chi connectivity index (χ0) is 24.4. The molecule has 7 nitrogen and oxygen atoms in total. The molecule has 0 aliphatic heterocycles. The quantitative estimate of drug-likeness (QED) is 0.417. The van der Waals surface area contributed by atoms with Gasteiger partial charge < -0.3 is 10.2 Å². The molecule has 0 fully saturated rings. The van der Waals surface area contributed by atoms with Crippen molar-refractivity contribution < 1.29 is 35.9 Å². The molecule has 2 heterocycles. The van der Waals surface area contributed by atoms with Crippen LogP contribution in [0, 0.1) is 0 Å². The first-order valence-electron chi connectivity index (χ1n) is 9.11. The van der Waals surface area contributed by atoms with Crippen molar-refractivity contribution >= 4 is 34.9 Å². The van der Waals surface area contributed by atoms with E-state index < -0.39 is 47.5 Å². The van der Waals surface area contributed by atoms with Gasteiger partial charge >= 0.3 is 12.4 Å². The molecule has 0 bridgehead atoms. The fourth-order valence-corrected chi connectivity index (χ4v) is 3.56. The number of rotatable bonds is 6. The molecule has 0 unspecified atom stereocenters. The Morgan fingerprint density at radius 2 is 1.73 bits per heavy atom. The lowest BCUT2D eigenvalue weighted by atomic mass is 10.1. The Hall–Kier alpha value is -3.29. The number of carbonyl (C=O) groups excluding carboxylic acids is 2. The van der Waals surface area contributed by atoms with Gasteiger partial charge in [0.25, 0.3) is 0 Å². The van der Waals surface area contributed by atoms with Crippen molar-refractivity contribution in [3.8, 4) is 0 Å². The number of alkyl halides is 6. The first-order chi connectivity index (χ1) is 15.4. The van der Waals surface area contributed by atoms with E-state index in [0.717, 1.165) is 51.5 Å². The van der Waals surface area contributed by atoms with E-state index in [1.54, 1.807) is 0 Å². The summed E-state index contributed by atoms with van der Waals surface area (Å²) < 4.78 is 78.9. The first kappa shape index (κ1) is 24.4. The van der Waals surface area contributed by atoms with Crippen LogP contribution in [0.2, 0.25) is 0 Å². The number of halogens is 6. The summed E-state index contributed by atoms with van der Waals surface area (Å²) in [5.74, 6) is -1.74. The highest BCUT2D eigenvalue weighted by molar-refractivity contribution is 7.99. The van der Waals surface area contributed by atoms with Gasteiger partial charge in [-0.25, -0.2) is 0 Å². The summed E-state index contributed by atoms with van der Waals surface area (Å²) in [4.78, 5) is 25.4. The van der Waals surface area contributed by atoms with E-state index in [1.165, 1.54) is 19.2 Å². The highest BCUT2D eigenvalue weighted by Gasteiger charge is 2.34. The second kappa shape index (κ2) is 9.29. The van der Waals surface area contributed by atoms with Crippen LogP contribution in [0.4, 0.5) is 32.0 Å². The summed E-state index contributed by atoms with van der Waals surface area (Å²) in [7, 11) is 1.27. The summed E-state index contributed by atoms with van der Waals surface area (Å²) in [5, 5.41) is 9.64. The van der Waals surface area contributed by atoms with Crippen LogP contribution >= 0.6 is 11.8 Å². The normalized spacial score (nSPS) is 12.1. The molecule has 3 rings (SSSR count). The number of pyridine rings is 1. The molecular formula is C19H15F6N5O2S. The maximum absolute atomic E-state index is 13.0. The average molecular weight is 491 g/mol. The average Bonchev–Trinajstić information content (AvgIpc) is 3.13. The molecule has 33 heavy (non-hydrogen) atoms. The molecule has 3 aromatic rings. The Balaban J connectivity index is 1.61. The van der Waals surface area contributed by atoms with Crippen molar-refractivity contribution in [1.29, 1.82) is 0 Å². The van der Waals surface area contributed by atoms with Gasteiger partial charge in [0, 0.05) is 13.2 Å². The van der Waals surface area contributed by atoms with Crippen LogP contribution in [-0.4, -0.2) is 50.7 Å². The first-order valence-corrected chi connectivity index (χ1v) is 10.1. The molecule has 0 saturated heterocycles. The minimum atomic E-state index is -4.67. The molecule has 0 aliphatic carbocycles. The summed E-state index contributed by atoms with van der Waals surface area (Å²) in [6, 6.07) is 6.39. The Morgan fingerprint density at radius 1 is 1.03 bits per heavy atom. The van der Waals surface area contributed by atoms with Crippen molar-refractivity contribution in [3.05, 3.63) is 53.7 Å². The van der Waals surface area contributed by atoms with Gasteiger partial charge in [-0.2, -0.15) is 26.3 Å². The highest BCUT2D eigenvalue weighted by Crippen LogP contribution is 2.34. The number of aromatic nitrogens is 3. The van der Waals surface area contributed by atoms with Gasteiger partial charge in [0.1, 0.15) is 0 Å². The highest BCUT2D eigenvalue weighted by atomic mass is 32.2. The lowest BCUT2D eigenvalue weighted by molar-refractivity contribution is -0.138. The molecule has 0 atom stereocenters. The Kier molecular flexibility index (Phi) is 6.86. The number of para-hydroxylation sites is 1. The van der Waals surface area contributed by atoms with E-state index >= 15 is 0 Å². The second-order valence-electron chi connectivity index (χ2n) is 6.76. The van der Waals surface area contributed by atoms with E-state index in [4.69, 9.17) is 0 Å². The van der Waals surface area contributed by atoms with Gasteiger partial charge in [-0.15, -0.1) is 10.2 Å². The van der Waals surface area contributed by atoms with Crippen molar-refractivity contribution in [2.45, 2.75) is 17.5 Å². The molecule has 2 aromatic heterocycles. The van der Waals surface area contributed by atoms with Crippen molar-refractivity contribution in [2.24, 2.45) is 0 Å². The predicted octanol–water partition coefficient (Wildman–Crippen LogP) is 3.96. The van der Waals surface area contributed by atoms with Crippen LogP contribution in [-0.2, 0) is 21.9 Å². The van der Waals surface area contributed by atoms with Crippen LogP contribution < -0.4 is 5.32 Å². The third kappa shape index (κ3) is 5.94. The number of amides is 2. The van der Waals surface area contributed by atoms with Crippen LogP contribution in [0.3, 0.4) is 0 Å². The number of likely N-dealkylation sites (N-methyl/N-ethyl adjacent to an activating group) is 1. The molecule has 0 spiro atoms. The van der Waals surface area contributed by atoms with E-state index in [9.17, 15) is 35.9 Å². The third-order valence-corrected chi connectivity index (χ3v) is 5.26. The van der Waals surface area contributed by atoms with Gasteiger partial charge in [0.15, 0.2) is 10.8 Å². The van der Waals surface area contributed by atoms with Gasteiger partial charge in [-0.05, 0) is 24.3 Å². The predicted molar refractivity (Wildman–Crippen MR) is 106 cm³/mol. The molecule has 1 aromatic carbocycles. The molecule has 0 aliphatic rings. The Labute approximate surface area is 186 Å². The lowest BCUT2D eigenvalue weighted by Crippen LogP contribution is -2.36. The number of fused-ring (bicyclic) bond motifs is 1.